The number of benzene rings is 2. The van der Waals surface area contributed by atoms with Gasteiger partial charge >= 0.3 is 0 Å². The molecule has 0 heterocycles. The van der Waals surface area contributed by atoms with E-state index in [2.05, 4.69) is 70.5 Å². The highest BCUT2D eigenvalue weighted by atomic mass is 79.9. The summed E-state index contributed by atoms with van der Waals surface area (Å²) < 4.78 is 1.13. The maximum absolute atomic E-state index is 3.52. The first-order valence-corrected chi connectivity index (χ1v) is 6.68. The van der Waals surface area contributed by atoms with Crippen molar-refractivity contribution in [3.05, 3.63) is 64.1 Å². The van der Waals surface area contributed by atoms with Crippen molar-refractivity contribution in [1.29, 1.82) is 0 Å². The highest BCUT2D eigenvalue weighted by Gasteiger charge is 2.06. The first-order chi connectivity index (χ1) is 8.33. The van der Waals surface area contributed by atoms with Gasteiger partial charge in [0, 0.05) is 4.47 Å². The first-order valence-electron chi connectivity index (χ1n) is 5.88. The molecule has 0 amide bonds. The third kappa shape index (κ3) is 2.20. The summed E-state index contributed by atoms with van der Waals surface area (Å²) in [5.41, 5.74) is 5.39. The second-order valence-electron chi connectivity index (χ2n) is 4.36. The summed E-state index contributed by atoms with van der Waals surface area (Å²) in [6.45, 7) is 0. The van der Waals surface area contributed by atoms with E-state index in [-0.39, 0.29) is 0 Å². The van der Waals surface area contributed by atoms with Crippen molar-refractivity contribution in [3.63, 3.8) is 0 Å². The molecule has 0 aromatic heterocycles. The van der Waals surface area contributed by atoms with Crippen molar-refractivity contribution < 1.29 is 0 Å². The molecule has 0 saturated heterocycles. The van der Waals surface area contributed by atoms with Crippen LogP contribution in [0, 0.1) is 0 Å². The Hall–Kier alpha value is -1.34. The summed E-state index contributed by atoms with van der Waals surface area (Å²) in [5.74, 6) is 0. The molecule has 0 unspecified atom stereocenters. The number of halogens is 1. The molecule has 0 aliphatic heterocycles. The van der Waals surface area contributed by atoms with E-state index in [0.29, 0.717) is 0 Å². The molecule has 0 bridgehead atoms. The number of rotatable bonds is 1. The third-order valence-electron chi connectivity index (χ3n) is 3.18. The lowest BCUT2D eigenvalue weighted by atomic mass is 9.93. The second kappa shape index (κ2) is 4.50. The quantitative estimate of drug-likeness (QED) is 0.685. The van der Waals surface area contributed by atoms with Gasteiger partial charge in [-0.2, -0.15) is 0 Å². The zero-order valence-electron chi connectivity index (χ0n) is 9.49. The van der Waals surface area contributed by atoms with E-state index in [1.807, 2.05) is 0 Å². The zero-order chi connectivity index (χ0) is 11.7. The average Bonchev–Trinajstić information content (AvgIpc) is 2.38. The van der Waals surface area contributed by atoms with Gasteiger partial charge < -0.3 is 0 Å². The van der Waals surface area contributed by atoms with Crippen LogP contribution in [0.25, 0.3) is 17.2 Å². The molecule has 0 atom stereocenters. The van der Waals surface area contributed by atoms with E-state index < -0.39 is 0 Å². The normalized spacial score (nSPS) is 13.5. The van der Waals surface area contributed by atoms with Crippen LogP contribution in [0.5, 0.6) is 0 Å². The highest BCUT2D eigenvalue weighted by molar-refractivity contribution is 9.10. The monoisotopic (exact) mass is 284 g/mol. The molecule has 0 saturated carbocycles. The minimum atomic E-state index is 1.13. The van der Waals surface area contributed by atoms with Gasteiger partial charge in [0.25, 0.3) is 0 Å². The maximum Gasteiger partial charge on any atom is 0.0181 e. The fourth-order valence-electron chi connectivity index (χ4n) is 2.27. The molecule has 0 spiro atoms. The number of hydrogen-bond acceptors (Lipinski definition) is 0. The van der Waals surface area contributed by atoms with Gasteiger partial charge in [-0.3, -0.25) is 0 Å². The van der Waals surface area contributed by atoms with Crippen LogP contribution < -0.4 is 0 Å². The summed E-state index contributed by atoms with van der Waals surface area (Å²) in [6, 6.07) is 15.2. The molecular formula is C16H13Br. The van der Waals surface area contributed by atoms with Crippen molar-refractivity contribution in [1.82, 2.24) is 0 Å². The van der Waals surface area contributed by atoms with Crippen LogP contribution in [-0.4, -0.2) is 0 Å². The van der Waals surface area contributed by atoms with Crippen molar-refractivity contribution in [2.75, 3.05) is 0 Å². The van der Waals surface area contributed by atoms with Gasteiger partial charge in [-0.05, 0) is 53.3 Å². The topological polar surface area (TPSA) is 0 Å². The summed E-state index contributed by atoms with van der Waals surface area (Å²) >= 11 is 3.52. The third-order valence-corrected chi connectivity index (χ3v) is 3.67. The van der Waals surface area contributed by atoms with Crippen LogP contribution in [0.1, 0.15) is 17.5 Å². The zero-order valence-corrected chi connectivity index (χ0v) is 11.1. The Labute approximate surface area is 110 Å². The van der Waals surface area contributed by atoms with Crippen LogP contribution in [-0.2, 0) is 6.42 Å². The predicted molar refractivity (Wildman–Crippen MR) is 76.9 cm³/mol. The Morgan fingerprint density at radius 2 is 1.82 bits per heavy atom. The Balaban J connectivity index is 2.08. The molecule has 0 fully saturated rings. The number of hydrogen-bond donors (Lipinski definition) is 0. The minimum Gasteiger partial charge on any atom is -0.0836 e. The van der Waals surface area contributed by atoms with Gasteiger partial charge in [-0.25, -0.2) is 0 Å². The Morgan fingerprint density at radius 3 is 2.71 bits per heavy atom. The predicted octanol–water partition coefficient (Wildman–Crippen LogP) is 5.08. The van der Waals surface area contributed by atoms with E-state index in [1.165, 1.54) is 35.1 Å². The van der Waals surface area contributed by atoms with Crippen LogP contribution in [0.3, 0.4) is 0 Å². The molecule has 0 radical (unpaired) electrons. The van der Waals surface area contributed by atoms with Crippen LogP contribution in [0.4, 0.5) is 0 Å². The molecule has 0 N–H and O–H groups in total. The Bertz CT molecular complexity index is 582. The van der Waals surface area contributed by atoms with Gasteiger partial charge in [-0.1, -0.05) is 52.3 Å². The molecule has 2 aromatic carbocycles. The lowest BCUT2D eigenvalue weighted by molar-refractivity contribution is 0.986. The molecule has 84 valence electrons. The van der Waals surface area contributed by atoms with Gasteiger partial charge in [0.1, 0.15) is 0 Å². The number of allylic oxidation sites excluding steroid dienone is 1. The van der Waals surface area contributed by atoms with E-state index in [1.54, 1.807) is 0 Å². The Morgan fingerprint density at radius 1 is 0.941 bits per heavy atom. The van der Waals surface area contributed by atoms with E-state index >= 15 is 0 Å². The second-order valence-corrected chi connectivity index (χ2v) is 5.28. The van der Waals surface area contributed by atoms with Crippen molar-refractivity contribution in [2.24, 2.45) is 0 Å². The van der Waals surface area contributed by atoms with Gasteiger partial charge in [0.15, 0.2) is 0 Å². The fraction of sp³-hybridized carbons (Fsp3) is 0.125. The van der Waals surface area contributed by atoms with Crippen molar-refractivity contribution >= 4 is 22.0 Å². The summed E-state index contributed by atoms with van der Waals surface area (Å²) in [5, 5.41) is 0. The summed E-state index contributed by atoms with van der Waals surface area (Å²) in [4.78, 5) is 0. The molecule has 0 nitrogen and oxygen atoms in total. The van der Waals surface area contributed by atoms with Crippen molar-refractivity contribution in [3.8, 4) is 11.1 Å². The minimum absolute atomic E-state index is 1.13. The Kier molecular flexibility index (Phi) is 2.86. The SMILES string of the molecule is Brc1cccc(-c2ccc3c(c2)C=CCC3)c1. The number of aryl methyl sites for hydroxylation is 1. The number of fused-ring (bicyclic) bond motifs is 1. The lowest BCUT2D eigenvalue weighted by Gasteiger charge is -2.12. The van der Waals surface area contributed by atoms with Gasteiger partial charge in [0.2, 0.25) is 0 Å². The van der Waals surface area contributed by atoms with E-state index in [0.717, 1.165) is 4.47 Å². The van der Waals surface area contributed by atoms with Crippen LogP contribution >= 0.6 is 15.9 Å². The van der Waals surface area contributed by atoms with Gasteiger partial charge in [-0.15, -0.1) is 0 Å². The van der Waals surface area contributed by atoms with Crippen LogP contribution in [0.15, 0.2) is 53.0 Å². The summed E-state index contributed by atoms with van der Waals surface area (Å²) in [6.07, 6.45) is 6.83. The molecule has 1 aliphatic rings. The average molecular weight is 285 g/mol. The van der Waals surface area contributed by atoms with Crippen molar-refractivity contribution in [2.45, 2.75) is 12.8 Å². The van der Waals surface area contributed by atoms with Gasteiger partial charge in [0.05, 0.1) is 0 Å². The van der Waals surface area contributed by atoms with Crippen LogP contribution in [0.2, 0.25) is 0 Å². The molecular weight excluding hydrogens is 272 g/mol. The molecule has 3 rings (SSSR count). The molecule has 1 aliphatic carbocycles. The highest BCUT2D eigenvalue weighted by Crippen LogP contribution is 2.27. The largest absolute Gasteiger partial charge is 0.0836 e. The van der Waals surface area contributed by atoms with E-state index in [4.69, 9.17) is 0 Å². The molecule has 2 aromatic rings. The molecule has 1 heteroatoms. The first kappa shape index (κ1) is 10.8. The lowest BCUT2D eigenvalue weighted by Crippen LogP contribution is -1.94. The fourth-order valence-corrected chi connectivity index (χ4v) is 2.67. The maximum atomic E-state index is 3.52. The van der Waals surface area contributed by atoms with E-state index in [9.17, 15) is 0 Å². The standard InChI is InChI=1S/C16H13Br/c17-16-7-3-6-14(11-16)15-9-8-12-4-1-2-5-13(12)10-15/h2-3,5-11H,1,4H2. The summed E-state index contributed by atoms with van der Waals surface area (Å²) in [7, 11) is 0. The molecule has 17 heavy (non-hydrogen) atoms. The smallest absolute Gasteiger partial charge is 0.0181 e.